The van der Waals surface area contributed by atoms with Crippen molar-refractivity contribution in [1.82, 2.24) is 9.88 Å². The van der Waals surface area contributed by atoms with Gasteiger partial charge in [0.1, 0.15) is 0 Å². The molecule has 0 aliphatic carbocycles. The predicted molar refractivity (Wildman–Crippen MR) is 59.7 cm³/mol. The molecule has 88 valence electrons. The van der Waals surface area contributed by atoms with Gasteiger partial charge in [-0.2, -0.15) is 0 Å². The average molecular weight is 232 g/mol. The maximum Gasteiger partial charge on any atom is 0.333 e. The van der Waals surface area contributed by atoms with Crippen LogP contribution in [0.25, 0.3) is 0 Å². The van der Waals surface area contributed by atoms with Crippen LogP contribution in [0, 0.1) is 0 Å². The number of nitrogens with zero attached hydrogens (tertiary/aromatic N) is 2. The van der Waals surface area contributed by atoms with Gasteiger partial charge in [-0.25, -0.2) is 4.79 Å². The molecule has 1 amide bonds. The summed E-state index contributed by atoms with van der Waals surface area (Å²) in [6, 6.07) is 3.64. The van der Waals surface area contributed by atoms with Crippen molar-refractivity contribution in [1.29, 1.82) is 0 Å². The zero-order chi connectivity index (χ0) is 12.4. The number of carboxylic acids is 1. The summed E-state index contributed by atoms with van der Waals surface area (Å²) >= 11 is 0. The van der Waals surface area contributed by atoms with E-state index in [0.717, 1.165) is 5.56 Å². The summed E-state index contributed by atoms with van der Waals surface area (Å²) in [7, 11) is 0. The molecule has 0 unspecified atom stereocenters. The van der Waals surface area contributed by atoms with E-state index < -0.39 is 5.97 Å². The van der Waals surface area contributed by atoms with E-state index in [2.05, 4.69) is 4.98 Å². The minimum absolute atomic E-state index is 0.0264. The number of carboxylic acid groups (broad SMARTS) is 1. The summed E-state index contributed by atoms with van der Waals surface area (Å²) in [5.74, 6) is -1.20. The third-order valence-corrected chi connectivity index (χ3v) is 2.79. The minimum Gasteiger partial charge on any atom is -0.478 e. The fraction of sp³-hybridized carbons (Fsp3) is 0.250. The number of aliphatic carboxylic acids is 1. The van der Waals surface area contributed by atoms with Crippen molar-refractivity contribution >= 4 is 11.9 Å². The zero-order valence-electron chi connectivity index (χ0n) is 9.38. The Bertz CT molecular complexity index is 494. The molecule has 0 aromatic carbocycles. The lowest BCUT2D eigenvalue weighted by atomic mass is 10.2. The van der Waals surface area contributed by atoms with Crippen LogP contribution in [0.1, 0.15) is 18.9 Å². The number of allylic oxidation sites excluding steroid dienone is 1. The summed E-state index contributed by atoms with van der Waals surface area (Å²) in [6.45, 7) is 2.03. The Morgan fingerprint density at radius 1 is 1.59 bits per heavy atom. The highest BCUT2D eigenvalue weighted by molar-refractivity contribution is 5.99. The standard InChI is InChI=1S/C12H12N2O3/c1-8-10(12(16)17)5-11(15)14(8)7-9-3-2-4-13-6-9/h2-4,6H,5,7H2,1H3,(H,16,17). The number of carbonyl (C=O) groups excluding carboxylic acids is 1. The van der Waals surface area contributed by atoms with Crippen LogP contribution in [0.3, 0.4) is 0 Å². The largest absolute Gasteiger partial charge is 0.478 e. The molecule has 5 nitrogen and oxygen atoms in total. The van der Waals surface area contributed by atoms with Gasteiger partial charge >= 0.3 is 5.97 Å². The Balaban J connectivity index is 2.22. The van der Waals surface area contributed by atoms with Gasteiger partial charge in [-0.15, -0.1) is 0 Å². The Kier molecular flexibility index (Phi) is 2.91. The van der Waals surface area contributed by atoms with E-state index in [4.69, 9.17) is 5.11 Å². The van der Waals surface area contributed by atoms with Crippen LogP contribution >= 0.6 is 0 Å². The maximum atomic E-state index is 11.7. The van der Waals surface area contributed by atoms with Crippen molar-refractivity contribution in [2.24, 2.45) is 0 Å². The van der Waals surface area contributed by atoms with Crippen LogP contribution in [0.4, 0.5) is 0 Å². The van der Waals surface area contributed by atoms with Crippen molar-refractivity contribution in [3.05, 3.63) is 41.4 Å². The van der Waals surface area contributed by atoms with Gasteiger partial charge in [-0.3, -0.25) is 9.78 Å². The minimum atomic E-state index is -1.02. The number of pyridine rings is 1. The molecule has 1 aromatic rings. The van der Waals surface area contributed by atoms with Crippen LogP contribution in [-0.4, -0.2) is 26.9 Å². The molecule has 2 heterocycles. The molecule has 1 aliphatic heterocycles. The van der Waals surface area contributed by atoms with Crippen molar-refractivity contribution in [3.63, 3.8) is 0 Å². The smallest absolute Gasteiger partial charge is 0.333 e. The predicted octanol–water partition coefficient (Wildman–Crippen LogP) is 1.17. The van der Waals surface area contributed by atoms with E-state index in [-0.39, 0.29) is 17.9 Å². The number of carbonyl (C=O) groups is 2. The first kappa shape index (κ1) is 11.3. The molecule has 0 saturated heterocycles. The Hall–Kier alpha value is -2.17. The number of hydrogen-bond donors (Lipinski definition) is 1. The first-order valence-corrected chi connectivity index (χ1v) is 5.22. The highest BCUT2D eigenvalue weighted by Gasteiger charge is 2.30. The molecule has 1 aromatic heterocycles. The van der Waals surface area contributed by atoms with E-state index in [1.165, 1.54) is 4.90 Å². The van der Waals surface area contributed by atoms with E-state index in [1.807, 2.05) is 6.07 Å². The van der Waals surface area contributed by atoms with Crippen LogP contribution in [0.5, 0.6) is 0 Å². The number of amides is 1. The van der Waals surface area contributed by atoms with E-state index in [1.54, 1.807) is 25.4 Å². The highest BCUT2D eigenvalue weighted by atomic mass is 16.4. The Labute approximate surface area is 98.4 Å². The van der Waals surface area contributed by atoms with Crippen molar-refractivity contribution < 1.29 is 14.7 Å². The van der Waals surface area contributed by atoms with Crippen LogP contribution in [0.2, 0.25) is 0 Å². The average Bonchev–Trinajstić information content (AvgIpc) is 2.58. The molecule has 0 atom stereocenters. The van der Waals surface area contributed by atoms with Crippen molar-refractivity contribution in [2.75, 3.05) is 0 Å². The topological polar surface area (TPSA) is 70.5 Å². The summed E-state index contributed by atoms with van der Waals surface area (Å²) < 4.78 is 0. The molecule has 1 N–H and O–H groups in total. The third kappa shape index (κ3) is 2.18. The third-order valence-electron chi connectivity index (χ3n) is 2.79. The van der Waals surface area contributed by atoms with Gasteiger partial charge in [0.25, 0.3) is 0 Å². The zero-order valence-corrected chi connectivity index (χ0v) is 9.38. The molecule has 2 rings (SSSR count). The highest BCUT2D eigenvalue weighted by Crippen LogP contribution is 2.25. The molecule has 0 saturated carbocycles. The second kappa shape index (κ2) is 4.37. The first-order chi connectivity index (χ1) is 8.09. The summed E-state index contributed by atoms with van der Waals surface area (Å²) in [5, 5.41) is 8.94. The SMILES string of the molecule is CC1=C(C(=O)O)CC(=O)N1Cc1cccnc1. The van der Waals surface area contributed by atoms with Gasteiger partial charge in [0.15, 0.2) is 0 Å². The Morgan fingerprint density at radius 2 is 2.35 bits per heavy atom. The summed E-state index contributed by atoms with van der Waals surface area (Å²) in [6.07, 6.45) is 3.29. The van der Waals surface area contributed by atoms with Gasteiger partial charge in [0, 0.05) is 18.1 Å². The quantitative estimate of drug-likeness (QED) is 0.849. The van der Waals surface area contributed by atoms with Crippen molar-refractivity contribution in [2.45, 2.75) is 19.9 Å². The number of aromatic nitrogens is 1. The van der Waals surface area contributed by atoms with E-state index in [9.17, 15) is 9.59 Å². The van der Waals surface area contributed by atoms with Crippen LogP contribution < -0.4 is 0 Å². The van der Waals surface area contributed by atoms with E-state index >= 15 is 0 Å². The molecular formula is C12H12N2O3. The molecule has 0 fully saturated rings. The van der Waals surface area contributed by atoms with Gasteiger partial charge in [-0.1, -0.05) is 6.07 Å². The molecule has 0 bridgehead atoms. The molecular weight excluding hydrogens is 220 g/mol. The van der Waals surface area contributed by atoms with Crippen LogP contribution in [0.15, 0.2) is 35.8 Å². The molecule has 1 aliphatic rings. The second-order valence-corrected chi connectivity index (χ2v) is 3.89. The molecule has 17 heavy (non-hydrogen) atoms. The summed E-state index contributed by atoms with van der Waals surface area (Å²) in [4.78, 5) is 28.1. The fourth-order valence-electron chi connectivity index (χ4n) is 1.84. The molecule has 0 spiro atoms. The lowest BCUT2D eigenvalue weighted by Gasteiger charge is -2.17. The van der Waals surface area contributed by atoms with Crippen molar-refractivity contribution in [3.8, 4) is 0 Å². The van der Waals surface area contributed by atoms with E-state index in [0.29, 0.717) is 12.2 Å². The summed E-state index contributed by atoms with van der Waals surface area (Å²) in [5.41, 5.74) is 1.58. The Morgan fingerprint density at radius 3 is 2.88 bits per heavy atom. The first-order valence-electron chi connectivity index (χ1n) is 5.22. The molecule has 0 radical (unpaired) electrons. The van der Waals surface area contributed by atoms with Gasteiger partial charge < -0.3 is 10.0 Å². The second-order valence-electron chi connectivity index (χ2n) is 3.89. The number of rotatable bonds is 3. The number of hydrogen-bond acceptors (Lipinski definition) is 3. The maximum absolute atomic E-state index is 11.7. The lowest BCUT2D eigenvalue weighted by molar-refractivity contribution is -0.134. The van der Waals surface area contributed by atoms with Crippen LogP contribution in [-0.2, 0) is 16.1 Å². The lowest BCUT2D eigenvalue weighted by Crippen LogP contribution is -2.23. The molecule has 5 heteroatoms. The van der Waals surface area contributed by atoms with Gasteiger partial charge in [0.05, 0.1) is 18.5 Å². The van der Waals surface area contributed by atoms with Gasteiger partial charge in [-0.05, 0) is 18.6 Å². The van der Waals surface area contributed by atoms with Gasteiger partial charge in [0.2, 0.25) is 5.91 Å². The monoisotopic (exact) mass is 232 g/mol. The normalized spacial score (nSPS) is 15.6. The fourth-order valence-corrected chi connectivity index (χ4v) is 1.84.